The Morgan fingerprint density at radius 1 is 0.818 bits per heavy atom. The molecule has 0 fully saturated rings. The van der Waals surface area contributed by atoms with E-state index in [4.69, 9.17) is 11.6 Å². The smallest absolute Gasteiger partial charge is 0.255 e. The summed E-state index contributed by atoms with van der Waals surface area (Å²) in [4.78, 5) is 27.1. The van der Waals surface area contributed by atoms with Crippen molar-refractivity contribution in [2.45, 2.75) is 17.6 Å². The number of anilines is 1. The number of carbonyl (C=O) groups excluding carboxylic acids is 2. The van der Waals surface area contributed by atoms with E-state index in [1.54, 1.807) is 66.4 Å². The Hall–Kier alpha value is -3.34. The molecule has 0 unspecified atom stereocenters. The van der Waals surface area contributed by atoms with Crippen LogP contribution in [0.1, 0.15) is 37.4 Å². The molecule has 0 aliphatic heterocycles. The minimum absolute atomic E-state index is 0.197. The fraction of sp³-hybridized carbons (Fsp3) is 0.0714. The van der Waals surface area contributed by atoms with Gasteiger partial charge >= 0.3 is 0 Å². The Labute approximate surface area is 202 Å². The fourth-order valence-electron chi connectivity index (χ4n) is 3.31. The highest BCUT2D eigenvalue weighted by Crippen LogP contribution is 2.26. The summed E-state index contributed by atoms with van der Waals surface area (Å²) in [6.45, 7) is 2.07. The number of carbonyl (C=O) groups is 2. The number of amides is 1. The summed E-state index contributed by atoms with van der Waals surface area (Å²) in [6, 6.07) is 29.8. The van der Waals surface area contributed by atoms with Crippen LogP contribution in [0.5, 0.6) is 0 Å². The Balaban J connectivity index is 1.46. The number of thioether (sulfide) groups is 1. The zero-order valence-electron chi connectivity index (χ0n) is 18.0. The number of benzene rings is 4. The summed E-state index contributed by atoms with van der Waals surface area (Å²) in [5.41, 5.74) is 4.20. The van der Waals surface area contributed by atoms with Gasteiger partial charge in [0.2, 0.25) is 0 Å². The first-order valence-electron chi connectivity index (χ1n) is 10.5. The van der Waals surface area contributed by atoms with E-state index in [1.807, 2.05) is 18.2 Å². The van der Waals surface area contributed by atoms with Crippen LogP contribution in [0.3, 0.4) is 0 Å². The molecule has 0 saturated heterocycles. The predicted octanol–water partition coefficient (Wildman–Crippen LogP) is 7.42. The molecular weight excluding hydrogens is 450 g/mol. The molecule has 4 aromatic rings. The largest absolute Gasteiger partial charge is 0.321 e. The second-order valence-electron chi connectivity index (χ2n) is 7.64. The first-order chi connectivity index (χ1) is 16.0. The number of aryl methyl sites for hydroxylation is 1. The van der Waals surface area contributed by atoms with E-state index in [1.165, 1.54) is 10.5 Å². The van der Waals surface area contributed by atoms with Gasteiger partial charge in [-0.15, -0.1) is 11.8 Å². The van der Waals surface area contributed by atoms with Crippen LogP contribution in [0.25, 0.3) is 0 Å². The molecule has 1 N–H and O–H groups in total. The molecule has 3 nitrogen and oxygen atoms in total. The highest BCUT2D eigenvalue weighted by atomic mass is 35.5. The highest BCUT2D eigenvalue weighted by Gasteiger charge is 2.16. The predicted molar refractivity (Wildman–Crippen MR) is 136 cm³/mol. The molecule has 0 aromatic heterocycles. The molecule has 0 aliphatic carbocycles. The topological polar surface area (TPSA) is 46.2 Å². The van der Waals surface area contributed by atoms with Gasteiger partial charge in [0.15, 0.2) is 5.78 Å². The van der Waals surface area contributed by atoms with Crippen molar-refractivity contribution in [3.8, 4) is 0 Å². The van der Waals surface area contributed by atoms with E-state index in [0.717, 1.165) is 11.3 Å². The zero-order valence-corrected chi connectivity index (χ0v) is 19.6. The number of hydrogen-bond donors (Lipinski definition) is 1. The number of rotatable bonds is 7. The van der Waals surface area contributed by atoms with Crippen LogP contribution in [0.2, 0.25) is 5.02 Å². The van der Waals surface area contributed by atoms with E-state index in [2.05, 4.69) is 36.5 Å². The lowest BCUT2D eigenvalue weighted by Crippen LogP contribution is -2.15. The highest BCUT2D eigenvalue weighted by molar-refractivity contribution is 7.98. The third-order valence-electron chi connectivity index (χ3n) is 5.15. The second kappa shape index (κ2) is 10.5. The molecule has 0 aliphatic rings. The monoisotopic (exact) mass is 471 g/mol. The molecule has 0 radical (unpaired) electrons. The lowest BCUT2D eigenvalue weighted by molar-refractivity contribution is 0.102. The van der Waals surface area contributed by atoms with Gasteiger partial charge in [0.25, 0.3) is 5.91 Å². The zero-order chi connectivity index (χ0) is 23.2. The van der Waals surface area contributed by atoms with Crippen LogP contribution in [0.15, 0.2) is 102 Å². The Kier molecular flexibility index (Phi) is 7.28. The number of hydrogen-bond acceptors (Lipinski definition) is 3. The Morgan fingerprint density at radius 2 is 1.52 bits per heavy atom. The van der Waals surface area contributed by atoms with Crippen molar-refractivity contribution < 1.29 is 9.59 Å². The van der Waals surface area contributed by atoms with Crippen molar-refractivity contribution in [1.29, 1.82) is 0 Å². The first-order valence-corrected chi connectivity index (χ1v) is 11.8. The summed E-state index contributed by atoms with van der Waals surface area (Å²) in [5, 5.41) is 3.30. The van der Waals surface area contributed by atoms with Crippen molar-refractivity contribution in [2.75, 3.05) is 5.32 Å². The fourth-order valence-corrected chi connectivity index (χ4v) is 4.33. The molecule has 1 amide bonds. The van der Waals surface area contributed by atoms with Gasteiger partial charge in [0, 0.05) is 32.4 Å². The summed E-state index contributed by atoms with van der Waals surface area (Å²) < 4.78 is 0. The van der Waals surface area contributed by atoms with Gasteiger partial charge < -0.3 is 5.32 Å². The van der Waals surface area contributed by atoms with E-state index >= 15 is 0 Å². The summed E-state index contributed by atoms with van der Waals surface area (Å²) in [6.07, 6.45) is 0. The Morgan fingerprint density at radius 3 is 2.21 bits per heavy atom. The van der Waals surface area contributed by atoms with Crippen molar-refractivity contribution in [1.82, 2.24) is 0 Å². The molecule has 5 heteroatoms. The average molecular weight is 472 g/mol. The van der Waals surface area contributed by atoms with E-state index in [0.29, 0.717) is 27.4 Å². The number of halogens is 1. The van der Waals surface area contributed by atoms with Crippen LogP contribution in [0, 0.1) is 6.92 Å². The van der Waals surface area contributed by atoms with Gasteiger partial charge in [-0.3, -0.25) is 9.59 Å². The maximum Gasteiger partial charge on any atom is 0.255 e. The van der Waals surface area contributed by atoms with Crippen molar-refractivity contribution >= 4 is 40.7 Å². The maximum atomic E-state index is 13.0. The average Bonchev–Trinajstić information content (AvgIpc) is 2.85. The first kappa shape index (κ1) is 22.8. The number of ketones is 1. The summed E-state index contributed by atoms with van der Waals surface area (Å²) >= 11 is 7.89. The van der Waals surface area contributed by atoms with E-state index < -0.39 is 0 Å². The van der Waals surface area contributed by atoms with Crippen molar-refractivity contribution in [3.05, 3.63) is 130 Å². The third-order valence-corrected chi connectivity index (χ3v) is 6.47. The minimum Gasteiger partial charge on any atom is -0.321 e. The SMILES string of the molecule is Cc1ccc(SCc2ccc(C(=O)Nc3ccc(Cl)cc3C(=O)c3ccccc3)cc2)cc1. The Bertz CT molecular complexity index is 1270. The molecule has 0 saturated carbocycles. The summed E-state index contributed by atoms with van der Waals surface area (Å²) in [5.74, 6) is 0.340. The maximum absolute atomic E-state index is 13.0. The van der Waals surface area contributed by atoms with E-state index in [9.17, 15) is 9.59 Å². The van der Waals surface area contributed by atoms with Gasteiger partial charge in [0.1, 0.15) is 0 Å². The van der Waals surface area contributed by atoms with Crippen molar-refractivity contribution in [2.24, 2.45) is 0 Å². The quantitative estimate of drug-likeness (QED) is 0.225. The molecule has 164 valence electrons. The van der Waals surface area contributed by atoms with Gasteiger partial charge in [-0.2, -0.15) is 0 Å². The second-order valence-corrected chi connectivity index (χ2v) is 9.12. The molecule has 0 bridgehead atoms. The van der Waals surface area contributed by atoms with E-state index in [-0.39, 0.29) is 11.7 Å². The minimum atomic E-state index is -0.280. The normalized spacial score (nSPS) is 10.6. The van der Waals surface area contributed by atoms with Crippen LogP contribution >= 0.6 is 23.4 Å². The van der Waals surface area contributed by atoms with Gasteiger partial charge in [-0.05, 0) is 55.0 Å². The molecule has 4 rings (SSSR count). The molecular formula is C28H22ClNO2S. The molecule has 4 aromatic carbocycles. The lowest BCUT2D eigenvalue weighted by Gasteiger charge is -2.12. The molecule has 0 atom stereocenters. The van der Waals surface area contributed by atoms with Crippen LogP contribution in [0.4, 0.5) is 5.69 Å². The van der Waals surface area contributed by atoms with Crippen LogP contribution < -0.4 is 5.32 Å². The number of nitrogens with one attached hydrogen (secondary N) is 1. The van der Waals surface area contributed by atoms with Gasteiger partial charge in [-0.25, -0.2) is 0 Å². The summed E-state index contributed by atoms with van der Waals surface area (Å²) in [7, 11) is 0. The van der Waals surface area contributed by atoms with Gasteiger partial charge in [-0.1, -0.05) is 71.8 Å². The molecule has 0 heterocycles. The third kappa shape index (κ3) is 5.92. The van der Waals surface area contributed by atoms with Crippen LogP contribution in [-0.4, -0.2) is 11.7 Å². The van der Waals surface area contributed by atoms with Crippen LogP contribution in [-0.2, 0) is 5.75 Å². The van der Waals surface area contributed by atoms with Crippen molar-refractivity contribution in [3.63, 3.8) is 0 Å². The van der Waals surface area contributed by atoms with Gasteiger partial charge in [0.05, 0.1) is 5.69 Å². The molecule has 33 heavy (non-hydrogen) atoms. The molecule has 0 spiro atoms. The lowest BCUT2D eigenvalue weighted by atomic mass is 10.0. The standard InChI is InChI=1S/C28H22ClNO2S/c1-19-7-14-24(15-8-19)33-18-20-9-11-22(12-10-20)28(32)30-26-16-13-23(29)17-25(26)27(31)21-5-3-2-4-6-21/h2-17H,18H2,1H3,(H,30,32).